The van der Waals surface area contributed by atoms with Gasteiger partial charge in [0.25, 0.3) is 0 Å². The van der Waals surface area contributed by atoms with E-state index in [1.54, 1.807) is 13.8 Å². The Bertz CT molecular complexity index is 600. The summed E-state index contributed by atoms with van der Waals surface area (Å²) >= 11 is 5.79. The van der Waals surface area contributed by atoms with Crippen LogP contribution in [0.15, 0.2) is 23.1 Å². The molecule has 0 heterocycles. The minimum Gasteiger partial charge on any atom is -0.480 e. The standard InChI is InChI=1S/C13H18ClNO4S/c1-4-8(2)12(13(16)17)15-20(18,19)11-6-5-10(14)7-9(11)3/h5-8,12,15H,4H2,1-3H3,(H,16,17)/t8?,12-/m0/s1. The lowest BCUT2D eigenvalue weighted by Crippen LogP contribution is -2.45. The number of halogens is 1. The van der Waals surface area contributed by atoms with Crippen molar-refractivity contribution in [3.05, 3.63) is 28.8 Å². The summed E-state index contributed by atoms with van der Waals surface area (Å²) in [6.07, 6.45) is 0.555. The highest BCUT2D eigenvalue weighted by atomic mass is 35.5. The van der Waals surface area contributed by atoms with Crippen molar-refractivity contribution in [3.63, 3.8) is 0 Å². The Hall–Kier alpha value is -1.11. The Labute approximate surface area is 124 Å². The number of carbonyl (C=O) groups is 1. The molecule has 7 heteroatoms. The predicted octanol–water partition coefficient (Wildman–Crippen LogP) is 2.43. The van der Waals surface area contributed by atoms with Crippen LogP contribution >= 0.6 is 11.6 Å². The fourth-order valence-electron chi connectivity index (χ4n) is 1.79. The zero-order valence-electron chi connectivity index (χ0n) is 11.6. The summed E-state index contributed by atoms with van der Waals surface area (Å²) < 4.78 is 26.8. The van der Waals surface area contributed by atoms with Crippen molar-refractivity contribution in [1.29, 1.82) is 0 Å². The van der Waals surface area contributed by atoms with E-state index in [-0.39, 0.29) is 10.8 Å². The van der Waals surface area contributed by atoms with Crippen LogP contribution in [-0.4, -0.2) is 25.5 Å². The van der Waals surface area contributed by atoms with Gasteiger partial charge in [-0.3, -0.25) is 4.79 Å². The van der Waals surface area contributed by atoms with Gasteiger partial charge in [-0.25, -0.2) is 8.42 Å². The number of rotatable bonds is 6. The van der Waals surface area contributed by atoms with Gasteiger partial charge in [0, 0.05) is 5.02 Å². The molecule has 0 fully saturated rings. The molecule has 1 unspecified atom stereocenters. The smallest absolute Gasteiger partial charge is 0.322 e. The monoisotopic (exact) mass is 319 g/mol. The predicted molar refractivity (Wildman–Crippen MR) is 77.4 cm³/mol. The molecule has 0 aliphatic rings. The van der Waals surface area contributed by atoms with Crippen molar-refractivity contribution in [2.75, 3.05) is 0 Å². The molecule has 112 valence electrons. The molecular weight excluding hydrogens is 302 g/mol. The lowest BCUT2D eigenvalue weighted by atomic mass is 10.0. The van der Waals surface area contributed by atoms with Crippen molar-refractivity contribution in [3.8, 4) is 0 Å². The van der Waals surface area contributed by atoms with Crippen LogP contribution in [0.4, 0.5) is 0 Å². The maximum absolute atomic E-state index is 12.3. The fourth-order valence-corrected chi connectivity index (χ4v) is 3.54. The van der Waals surface area contributed by atoms with Gasteiger partial charge in [0.15, 0.2) is 0 Å². The number of sulfonamides is 1. The summed E-state index contributed by atoms with van der Waals surface area (Å²) in [4.78, 5) is 11.2. The summed E-state index contributed by atoms with van der Waals surface area (Å²) in [5.41, 5.74) is 0.471. The van der Waals surface area contributed by atoms with Gasteiger partial charge in [-0.1, -0.05) is 31.9 Å². The third kappa shape index (κ3) is 3.94. The van der Waals surface area contributed by atoms with Crippen LogP contribution in [0.25, 0.3) is 0 Å². The molecule has 0 amide bonds. The summed E-state index contributed by atoms with van der Waals surface area (Å²) in [6, 6.07) is 3.20. The van der Waals surface area contributed by atoms with Gasteiger partial charge in [0.1, 0.15) is 6.04 Å². The molecule has 20 heavy (non-hydrogen) atoms. The molecule has 1 rings (SSSR count). The van der Waals surface area contributed by atoms with E-state index in [1.165, 1.54) is 18.2 Å². The zero-order valence-corrected chi connectivity index (χ0v) is 13.1. The highest BCUT2D eigenvalue weighted by Crippen LogP contribution is 2.21. The first-order chi connectivity index (χ1) is 9.19. The van der Waals surface area contributed by atoms with Crippen LogP contribution in [0.3, 0.4) is 0 Å². The van der Waals surface area contributed by atoms with Crippen LogP contribution in [0.5, 0.6) is 0 Å². The molecule has 0 saturated carbocycles. The Morgan fingerprint density at radius 1 is 1.45 bits per heavy atom. The van der Waals surface area contributed by atoms with Gasteiger partial charge in [-0.2, -0.15) is 4.72 Å². The summed E-state index contributed by atoms with van der Waals surface area (Å²) in [5, 5.41) is 9.58. The third-order valence-corrected chi connectivity index (χ3v) is 5.02. The third-order valence-electron chi connectivity index (χ3n) is 3.19. The number of carboxylic acid groups (broad SMARTS) is 1. The molecule has 2 N–H and O–H groups in total. The second-order valence-corrected chi connectivity index (χ2v) is 6.85. The number of aryl methyl sites for hydroxylation is 1. The molecule has 0 bridgehead atoms. The van der Waals surface area contributed by atoms with Crippen LogP contribution in [0, 0.1) is 12.8 Å². The molecule has 0 aliphatic heterocycles. The Kier molecular flexibility index (Phi) is 5.56. The Morgan fingerprint density at radius 2 is 2.05 bits per heavy atom. The Morgan fingerprint density at radius 3 is 2.50 bits per heavy atom. The lowest BCUT2D eigenvalue weighted by Gasteiger charge is -2.20. The fraction of sp³-hybridized carbons (Fsp3) is 0.462. The van der Waals surface area contributed by atoms with Crippen LogP contribution in [0.2, 0.25) is 5.02 Å². The van der Waals surface area contributed by atoms with Gasteiger partial charge in [-0.15, -0.1) is 0 Å². The molecule has 0 aromatic heterocycles. The highest BCUT2D eigenvalue weighted by Gasteiger charge is 2.30. The van der Waals surface area contributed by atoms with E-state index in [0.717, 1.165) is 0 Å². The largest absolute Gasteiger partial charge is 0.480 e. The van der Waals surface area contributed by atoms with E-state index in [1.807, 2.05) is 6.92 Å². The molecule has 1 aromatic rings. The number of hydrogen-bond donors (Lipinski definition) is 2. The molecule has 0 radical (unpaired) electrons. The van der Waals surface area contributed by atoms with E-state index in [0.29, 0.717) is 17.0 Å². The first-order valence-electron chi connectivity index (χ1n) is 6.20. The number of carboxylic acids is 1. The maximum atomic E-state index is 12.3. The molecule has 0 aliphatic carbocycles. The molecule has 5 nitrogen and oxygen atoms in total. The first kappa shape index (κ1) is 16.9. The SMILES string of the molecule is CCC(C)[C@H](NS(=O)(=O)c1ccc(Cl)cc1C)C(=O)O. The normalized spacial score (nSPS) is 14.8. The van der Waals surface area contributed by atoms with Crippen molar-refractivity contribution in [2.24, 2.45) is 5.92 Å². The van der Waals surface area contributed by atoms with Crippen molar-refractivity contribution < 1.29 is 18.3 Å². The van der Waals surface area contributed by atoms with Crippen LogP contribution in [-0.2, 0) is 14.8 Å². The minimum absolute atomic E-state index is 0.0384. The van der Waals surface area contributed by atoms with E-state index in [9.17, 15) is 13.2 Å². The lowest BCUT2D eigenvalue weighted by molar-refractivity contribution is -0.140. The Balaban J connectivity index is 3.13. The summed E-state index contributed by atoms with van der Waals surface area (Å²) in [5.74, 6) is -1.50. The van der Waals surface area contributed by atoms with Crippen molar-refractivity contribution in [1.82, 2.24) is 4.72 Å². The quantitative estimate of drug-likeness (QED) is 0.843. The molecule has 0 saturated heterocycles. The van der Waals surface area contributed by atoms with Crippen LogP contribution in [0.1, 0.15) is 25.8 Å². The molecule has 1 aromatic carbocycles. The van der Waals surface area contributed by atoms with Gasteiger partial charge < -0.3 is 5.11 Å². The number of hydrogen-bond acceptors (Lipinski definition) is 3. The van der Waals surface area contributed by atoms with Crippen molar-refractivity contribution >= 4 is 27.6 Å². The number of benzene rings is 1. The zero-order chi connectivity index (χ0) is 15.5. The van der Waals surface area contributed by atoms with Crippen LogP contribution < -0.4 is 4.72 Å². The second-order valence-electron chi connectivity index (χ2n) is 4.73. The van der Waals surface area contributed by atoms with Gasteiger partial charge >= 0.3 is 5.97 Å². The van der Waals surface area contributed by atoms with Crippen molar-refractivity contribution in [2.45, 2.75) is 38.1 Å². The highest BCUT2D eigenvalue weighted by molar-refractivity contribution is 7.89. The van der Waals surface area contributed by atoms with Gasteiger partial charge in [0.2, 0.25) is 10.0 Å². The average molecular weight is 320 g/mol. The minimum atomic E-state index is -3.90. The summed E-state index contributed by atoms with van der Waals surface area (Å²) in [7, 11) is -3.90. The molecular formula is C13H18ClNO4S. The molecule has 2 atom stereocenters. The maximum Gasteiger partial charge on any atom is 0.322 e. The van der Waals surface area contributed by atoms with Gasteiger partial charge in [-0.05, 0) is 36.6 Å². The van der Waals surface area contributed by atoms with E-state index >= 15 is 0 Å². The number of aliphatic carboxylic acids is 1. The average Bonchev–Trinajstić information content (AvgIpc) is 2.34. The second kappa shape index (κ2) is 6.56. The van der Waals surface area contributed by atoms with E-state index in [2.05, 4.69) is 4.72 Å². The summed E-state index contributed by atoms with van der Waals surface area (Å²) in [6.45, 7) is 5.11. The van der Waals surface area contributed by atoms with E-state index < -0.39 is 22.0 Å². The molecule has 0 spiro atoms. The van der Waals surface area contributed by atoms with E-state index in [4.69, 9.17) is 16.7 Å². The van der Waals surface area contributed by atoms with Gasteiger partial charge in [0.05, 0.1) is 4.90 Å². The number of nitrogens with one attached hydrogen (secondary N) is 1. The topological polar surface area (TPSA) is 83.5 Å². The first-order valence-corrected chi connectivity index (χ1v) is 8.06.